The SMILES string of the molecule is Cc1onc(-c2ccccc2Cl)c1C(=O)Nc1ccc(-c2cnc3n2CCC3)cc1. The lowest BCUT2D eigenvalue weighted by molar-refractivity contribution is 0.102. The topological polar surface area (TPSA) is 73.0 Å². The molecule has 2 aromatic carbocycles. The van der Waals surface area contributed by atoms with E-state index in [0.717, 1.165) is 36.5 Å². The van der Waals surface area contributed by atoms with Crippen LogP contribution in [0.25, 0.3) is 22.5 Å². The van der Waals surface area contributed by atoms with Gasteiger partial charge in [-0.1, -0.05) is 47.1 Å². The summed E-state index contributed by atoms with van der Waals surface area (Å²) in [6, 6.07) is 15.0. The van der Waals surface area contributed by atoms with Crippen LogP contribution in [-0.2, 0) is 13.0 Å². The van der Waals surface area contributed by atoms with Crippen molar-refractivity contribution in [3.63, 3.8) is 0 Å². The van der Waals surface area contributed by atoms with Gasteiger partial charge in [0.15, 0.2) is 0 Å². The number of nitrogens with zero attached hydrogens (tertiary/aromatic N) is 3. The first-order valence-electron chi connectivity index (χ1n) is 9.79. The number of amides is 1. The van der Waals surface area contributed by atoms with E-state index in [1.165, 1.54) is 0 Å². The largest absolute Gasteiger partial charge is 0.360 e. The second kappa shape index (κ2) is 7.46. The van der Waals surface area contributed by atoms with Crippen molar-refractivity contribution in [3.05, 3.63) is 76.9 Å². The summed E-state index contributed by atoms with van der Waals surface area (Å²) in [5.74, 6) is 1.29. The summed E-state index contributed by atoms with van der Waals surface area (Å²) in [4.78, 5) is 17.5. The van der Waals surface area contributed by atoms with Crippen LogP contribution in [0.4, 0.5) is 5.69 Å². The van der Waals surface area contributed by atoms with Gasteiger partial charge in [-0.3, -0.25) is 4.79 Å². The number of aryl methyl sites for hydroxylation is 2. The Morgan fingerprint density at radius 2 is 1.97 bits per heavy atom. The molecular weight excluding hydrogens is 400 g/mol. The molecule has 30 heavy (non-hydrogen) atoms. The van der Waals surface area contributed by atoms with Gasteiger partial charge in [-0.25, -0.2) is 4.98 Å². The lowest BCUT2D eigenvalue weighted by Gasteiger charge is -2.09. The average Bonchev–Trinajstić information content (AvgIpc) is 3.45. The molecule has 0 fully saturated rings. The average molecular weight is 419 g/mol. The van der Waals surface area contributed by atoms with E-state index in [1.807, 2.05) is 48.7 Å². The van der Waals surface area contributed by atoms with Crippen molar-refractivity contribution in [2.75, 3.05) is 5.32 Å². The van der Waals surface area contributed by atoms with Crippen LogP contribution in [0.1, 0.15) is 28.4 Å². The van der Waals surface area contributed by atoms with Crippen LogP contribution < -0.4 is 5.32 Å². The molecule has 3 heterocycles. The third-order valence-electron chi connectivity index (χ3n) is 5.38. The molecule has 0 radical (unpaired) electrons. The summed E-state index contributed by atoms with van der Waals surface area (Å²) in [7, 11) is 0. The number of carbonyl (C=O) groups excluding carboxylic acids is 1. The third-order valence-corrected chi connectivity index (χ3v) is 5.71. The summed E-state index contributed by atoms with van der Waals surface area (Å²) in [6.07, 6.45) is 4.08. The summed E-state index contributed by atoms with van der Waals surface area (Å²) < 4.78 is 7.55. The molecule has 0 saturated carbocycles. The van der Waals surface area contributed by atoms with Gasteiger partial charge in [-0.05, 0) is 37.1 Å². The Bertz CT molecular complexity index is 1240. The molecule has 0 unspecified atom stereocenters. The smallest absolute Gasteiger partial charge is 0.261 e. The molecule has 7 heteroatoms. The molecule has 1 N–H and O–H groups in total. The van der Waals surface area contributed by atoms with Crippen LogP contribution in [-0.4, -0.2) is 20.6 Å². The standard InChI is InChI=1S/C23H19ClN4O2/c1-14-21(22(27-30-14)17-5-2-3-6-18(17)24)23(29)26-16-10-8-15(9-11-16)19-13-25-20-7-4-12-28(19)20/h2-3,5-6,8-11,13H,4,7,12H2,1H3,(H,26,29). The Kier molecular flexibility index (Phi) is 4.64. The van der Waals surface area contributed by atoms with Crippen LogP contribution >= 0.6 is 11.6 Å². The Labute approximate surface area is 178 Å². The van der Waals surface area contributed by atoms with Crippen molar-refractivity contribution in [3.8, 4) is 22.5 Å². The monoisotopic (exact) mass is 418 g/mol. The van der Waals surface area contributed by atoms with E-state index in [-0.39, 0.29) is 5.91 Å². The highest BCUT2D eigenvalue weighted by atomic mass is 35.5. The number of rotatable bonds is 4. The van der Waals surface area contributed by atoms with E-state index in [9.17, 15) is 4.79 Å². The van der Waals surface area contributed by atoms with Gasteiger partial charge < -0.3 is 14.4 Å². The van der Waals surface area contributed by atoms with Gasteiger partial charge in [0, 0.05) is 24.2 Å². The number of fused-ring (bicyclic) bond motifs is 1. The van der Waals surface area contributed by atoms with Crippen molar-refractivity contribution in [2.45, 2.75) is 26.3 Å². The minimum atomic E-state index is -0.290. The van der Waals surface area contributed by atoms with Gasteiger partial charge in [0.25, 0.3) is 5.91 Å². The zero-order chi connectivity index (χ0) is 20.7. The molecule has 1 aliphatic heterocycles. The Balaban J connectivity index is 1.40. The number of hydrogen-bond acceptors (Lipinski definition) is 4. The number of anilines is 1. The highest BCUT2D eigenvalue weighted by Crippen LogP contribution is 2.32. The normalized spacial score (nSPS) is 12.7. The number of aromatic nitrogens is 3. The fourth-order valence-corrected chi connectivity index (χ4v) is 4.11. The van der Waals surface area contributed by atoms with Crippen LogP contribution in [0.15, 0.2) is 59.3 Å². The van der Waals surface area contributed by atoms with Gasteiger partial charge in [0.1, 0.15) is 22.8 Å². The predicted octanol–water partition coefficient (Wildman–Crippen LogP) is 5.37. The van der Waals surface area contributed by atoms with Crippen LogP contribution in [0, 0.1) is 6.92 Å². The molecule has 1 amide bonds. The Morgan fingerprint density at radius 1 is 1.17 bits per heavy atom. The third kappa shape index (κ3) is 3.19. The van der Waals surface area contributed by atoms with E-state index < -0.39 is 0 Å². The van der Waals surface area contributed by atoms with Gasteiger partial charge >= 0.3 is 0 Å². The summed E-state index contributed by atoms with van der Waals surface area (Å²) in [6.45, 7) is 2.71. The quantitative estimate of drug-likeness (QED) is 0.483. The maximum Gasteiger partial charge on any atom is 0.261 e. The molecule has 2 aromatic heterocycles. The predicted molar refractivity (Wildman–Crippen MR) is 116 cm³/mol. The number of benzene rings is 2. The number of imidazole rings is 1. The van der Waals surface area contributed by atoms with Crippen LogP contribution in [0.2, 0.25) is 5.02 Å². The van der Waals surface area contributed by atoms with Gasteiger partial charge in [0.2, 0.25) is 0 Å². The molecule has 6 nitrogen and oxygen atoms in total. The van der Waals surface area contributed by atoms with Crippen LogP contribution in [0.3, 0.4) is 0 Å². The highest BCUT2D eigenvalue weighted by molar-refractivity contribution is 6.33. The molecule has 1 aliphatic rings. The van der Waals surface area contributed by atoms with Crippen molar-refractivity contribution in [1.82, 2.24) is 14.7 Å². The van der Waals surface area contributed by atoms with E-state index in [1.54, 1.807) is 13.0 Å². The van der Waals surface area contributed by atoms with Gasteiger partial charge in [-0.2, -0.15) is 0 Å². The maximum atomic E-state index is 13.0. The summed E-state index contributed by atoms with van der Waals surface area (Å²) >= 11 is 6.29. The molecule has 5 rings (SSSR count). The summed E-state index contributed by atoms with van der Waals surface area (Å²) in [5, 5.41) is 7.51. The zero-order valence-corrected chi connectivity index (χ0v) is 17.1. The molecule has 0 atom stereocenters. The fraction of sp³-hybridized carbons (Fsp3) is 0.174. The molecule has 0 aliphatic carbocycles. The molecule has 4 aromatic rings. The number of hydrogen-bond donors (Lipinski definition) is 1. The number of carbonyl (C=O) groups is 1. The first-order chi connectivity index (χ1) is 14.6. The van der Waals surface area contributed by atoms with Crippen LogP contribution in [0.5, 0.6) is 0 Å². The van der Waals surface area contributed by atoms with Gasteiger partial charge in [-0.15, -0.1) is 0 Å². The van der Waals surface area contributed by atoms with Crippen molar-refractivity contribution >= 4 is 23.2 Å². The lowest BCUT2D eigenvalue weighted by atomic mass is 10.1. The first-order valence-corrected chi connectivity index (χ1v) is 10.2. The molecule has 0 bridgehead atoms. The molecule has 0 saturated heterocycles. The Hall–Kier alpha value is -3.38. The second-order valence-corrected chi connectivity index (χ2v) is 7.70. The molecular formula is C23H19ClN4O2. The molecule has 0 spiro atoms. The highest BCUT2D eigenvalue weighted by Gasteiger charge is 2.23. The molecule has 150 valence electrons. The van der Waals surface area contributed by atoms with E-state index in [0.29, 0.717) is 33.3 Å². The van der Waals surface area contributed by atoms with Crippen molar-refractivity contribution in [1.29, 1.82) is 0 Å². The van der Waals surface area contributed by atoms with Gasteiger partial charge in [0.05, 0.1) is 16.9 Å². The number of halogens is 1. The van der Waals surface area contributed by atoms with E-state index >= 15 is 0 Å². The van der Waals surface area contributed by atoms with Crippen molar-refractivity contribution < 1.29 is 9.32 Å². The Morgan fingerprint density at radius 3 is 2.77 bits per heavy atom. The first kappa shape index (κ1) is 18.6. The van der Waals surface area contributed by atoms with E-state index in [4.69, 9.17) is 16.1 Å². The summed E-state index contributed by atoms with van der Waals surface area (Å²) in [5.41, 5.74) is 4.34. The minimum absolute atomic E-state index is 0.290. The number of nitrogens with one attached hydrogen (secondary N) is 1. The maximum absolute atomic E-state index is 13.0. The fourth-order valence-electron chi connectivity index (χ4n) is 3.88. The van der Waals surface area contributed by atoms with Crippen molar-refractivity contribution in [2.24, 2.45) is 0 Å². The minimum Gasteiger partial charge on any atom is -0.360 e. The second-order valence-electron chi connectivity index (χ2n) is 7.29. The zero-order valence-electron chi connectivity index (χ0n) is 16.4. The van der Waals surface area contributed by atoms with E-state index in [2.05, 4.69) is 20.0 Å². The lowest BCUT2D eigenvalue weighted by Crippen LogP contribution is -2.13.